The molecular formula is C20H22ClNO3. The molecule has 1 amide bonds. The Bertz CT molecular complexity index is 728. The maximum Gasteiger partial charge on any atom is 0.306 e. The predicted octanol–water partition coefficient (Wildman–Crippen LogP) is 4.41. The molecule has 2 rings (SSSR count). The first kappa shape index (κ1) is 19.0. The van der Waals surface area contributed by atoms with Crippen molar-refractivity contribution < 1.29 is 14.3 Å². The number of ether oxygens (including phenoxy) is 1. The van der Waals surface area contributed by atoms with Crippen molar-refractivity contribution in [3.63, 3.8) is 0 Å². The van der Waals surface area contributed by atoms with Crippen LogP contribution in [0.1, 0.15) is 31.4 Å². The van der Waals surface area contributed by atoms with Gasteiger partial charge in [-0.25, -0.2) is 0 Å². The Labute approximate surface area is 153 Å². The lowest BCUT2D eigenvalue weighted by atomic mass is 10.1. The minimum Gasteiger partial charge on any atom is -0.453 e. The Hall–Kier alpha value is -2.33. The number of anilines is 1. The fraction of sp³-hybridized carbons (Fsp3) is 0.300. The predicted molar refractivity (Wildman–Crippen MR) is 99.8 cm³/mol. The third-order valence-electron chi connectivity index (χ3n) is 3.86. The fourth-order valence-electron chi connectivity index (χ4n) is 2.29. The zero-order valence-electron chi connectivity index (χ0n) is 14.4. The van der Waals surface area contributed by atoms with Crippen molar-refractivity contribution in [3.8, 4) is 0 Å². The van der Waals surface area contributed by atoms with E-state index in [-0.39, 0.29) is 6.42 Å². The highest BCUT2D eigenvalue weighted by Crippen LogP contribution is 2.20. The van der Waals surface area contributed by atoms with Gasteiger partial charge in [-0.15, -0.1) is 0 Å². The van der Waals surface area contributed by atoms with Crippen LogP contribution in [0, 0.1) is 0 Å². The van der Waals surface area contributed by atoms with E-state index < -0.39 is 18.0 Å². The molecule has 0 aliphatic carbocycles. The van der Waals surface area contributed by atoms with Gasteiger partial charge in [0, 0.05) is 6.42 Å². The molecule has 0 saturated carbocycles. The molecule has 1 N–H and O–H groups in total. The van der Waals surface area contributed by atoms with E-state index in [1.54, 1.807) is 31.2 Å². The van der Waals surface area contributed by atoms with Crippen molar-refractivity contribution in [2.45, 2.75) is 39.2 Å². The summed E-state index contributed by atoms with van der Waals surface area (Å²) in [5.41, 5.74) is 2.83. The summed E-state index contributed by atoms with van der Waals surface area (Å²) in [7, 11) is 0. The second kappa shape index (κ2) is 9.23. The monoisotopic (exact) mass is 359 g/mol. The molecule has 132 valence electrons. The van der Waals surface area contributed by atoms with Gasteiger partial charge in [0.25, 0.3) is 5.91 Å². The van der Waals surface area contributed by atoms with E-state index in [9.17, 15) is 9.59 Å². The van der Waals surface area contributed by atoms with Crippen molar-refractivity contribution >= 4 is 29.2 Å². The fourth-order valence-corrected chi connectivity index (χ4v) is 2.48. The Morgan fingerprint density at radius 1 is 1.08 bits per heavy atom. The summed E-state index contributed by atoms with van der Waals surface area (Å²) in [6.45, 7) is 3.64. The molecule has 2 aromatic carbocycles. The van der Waals surface area contributed by atoms with Crippen LogP contribution in [-0.4, -0.2) is 18.0 Å². The molecule has 1 atom stereocenters. The van der Waals surface area contributed by atoms with Crippen LogP contribution in [0.4, 0.5) is 5.69 Å². The number of carbonyl (C=O) groups is 2. The molecule has 4 nitrogen and oxygen atoms in total. The van der Waals surface area contributed by atoms with Crippen molar-refractivity contribution in [2.75, 3.05) is 5.32 Å². The molecule has 2 aromatic rings. The first-order valence-corrected chi connectivity index (χ1v) is 8.70. The highest BCUT2D eigenvalue weighted by atomic mass is 35.5. The first-order chi connectivity index (χ1) is 12.0. The van der Waals surface area contributed by atoms with E-state index in [4.69, 9.17) is 16.3 Å². The summed E-state index contributed by atoms with van der Waals surface area (Å²) < 4.78 is 5.20. The van der Waals surface area contributed by atoms with Gasteiger partial charge in [0.15, 0.2) is 6.10 Å². The number of nitrogens with one attached hydrogen (secondary N) is 1. The van der Waals surface area contributed by atoms with Crippen LogP contribution in [0.5, 0.6) is 0 Å². The van der Waals surface area contributed by atoms with Gasteiger partial charge in [-0.1, -0.05) is 54.9 Å². The smallest absolute Gasteiger partial charge is 0.306 e. The van der Waals surface area contributed by atoms with E-state index >= 15 is 0 Å². The number of para-hydroxylation sites is 1. The van der Waals surface area contributed by atoms with Gasteiger partial charge in [0.1, 0.15) is 0 Å². The van der Waals surface area contributed by atoms with E-state index in [0.29, 0.717) is 17.1 Å². The SMILES string of the molecule is CCc1ccc(CCC(=O)O[C@H](C)C(=O)Nc2ccccc2Cl)cc1. The summed E-state index contributed by atoms with van der Waals surface area (Å²) >= 11 is 6.00. The summed E-state index contributed by atoms with van der Waals surface area (Å²) in [5, 5.41) is 3.09. The normalized spacial score (nSPS) is 11.6. The zero-order chi connectivity index (χ0) is 18.2. The molecule has 0 fully saturated rings. The second-order valence-electron chi connectivity index (χ2n) is 5.77. The van der Waals surface area contributed by atoms with Crippen LogP contribution >= 0.6 is 11.6 Å². The third kappa shape index (κ3) is 5.91. The second-order valence-corrected chi connectivity index (χ2v) is 6.18. The maximum absolute atomic E-state index is 12.1. The molecule has 0 heterocycles. The number of amides is 1. The zero-order valence-corrected chi connectivity index (χ0v) is 15.2. The Balaban J connectivity index is 1.80. The molecular weight excluding hydrogens is 338 g/mol. The van der Waals surface area contributed by atoms with Gasteiger partial charge in [0.05, 0.1) is 10.7 Å². The van der Waals surface area contributed by atoms with Gasteiger partial charge >= 0.3 is 5.97 Å². The van der Waals surface area contributed by atoms with E-state index in [2.05, 4.69) is 24.4 Å². The largest absolute Gasteiger partial charge is 0.453 e. The van der Waals surface area contributed by atoms with Crippen LogP contribution in [0.3, 0.4) is 0 Å². The van der Waals surface area contributed by atoms with Crippen LogP contribution in [0.25, 0.3) is 0 Å². The molecule has 5 heteroatoms. The molecule has 0 unspecified atom stereocenters. The van der Waals surface area contributed by atoms with Gasteiger partial charge in [-0.05, 0) is 43.0 Å². The third-order valence-corrected chi connectivity index (χ3v) is 4.19. The molecule has 0 bridgehead atoms. The Morgan fingerprint density at radius 3 is 2.36 bits per heavy atom. The average Bonchev–Trinajstić information content (AvgIpc) is 2.62. The number of carbonyl (C=O) groups excluding carboxylic acids is 2. The lowest BCUT2D eigenvalue weighted by molar-refractivity contribution is -0.153. The highest BCUT2D eigenvalue weighted by Gasteiger charge is 2.18. The molecule has 0 saturated heterocycles. The average molecular weight is 360 g/mol. The van der Waals surface area contributed by atoms with E-state index in [1.165, 1.54) is 5.56 Å². The molecule has 25 heavy (non-hydrogen) atoms. The Morgan fingerprint density at radius 2 is 1.72 bits per heavy atom. The van der Waals surface area contributed by atoms with Gasteiger partial charge in [-0.2, -0.15) is 0 Å². The summed E-state index contributed by atoms with van der Waals surface area (Å²) in [6, 6.07) is 15.0. The first-order valence-electron chi connectivity index (χ1n) is 8.32. The van der Waals surface area contributed by atoms with Gasteiger partial charge in [0.2, 0.25) is 0 Å². The van der Waals surface area contributed by atoms with Crippen LogP contribution in [0.2, 0.25) is 5.02 Å². The molecule has 0 aliphatic heterocycles. The highest BCUT2D eigenvalue weighted by molar-refractivity contribution is 6.33. The van der Waals surface area contributed by atoms with Gasteiger partial charge < -0.3 is 10.1 Å². The van der Waals surface area contributed by atoms with Crippen molar-refractivity contribution in [3.05, 3.63) is 64.7 Å². The molecule has 0 radical (unpaired) electrons. The number of esters is 1. The number of hydrogen-bond donors (Lipinski definition) is 1. The van der Waals surface area contributed by atoms with Crippen molar-refractivity contribution in [2.24, 2.45) is 0 Å². The summed E-state index contributed by atoms with van der Waals surface area (Å²) in [5.74, 6) is -0.810. The van der Waals surface area contributed by atoms with E-state index in [1.807, 2.05) is 12.1 Å². The minimum atomic E-state index is -0.883. The molecule has 0 aromatic heterocycles. The number of benzene rings is 2. The number of halogens is 1. The number of rotatable bonds is 7. The Kier molecular flexibility index (Phi) is 7.02. The van der Waals surface area contributed by atoms with Crippen molar-refractivity contribution in [1.82, 2.24) is 0 Å². The summed E-state index contributed by atoms with van der Waals surface area (Å²) in [4.78, 5) is 24.0. The van der Waals surface area contributed by atoms with Crippen LogP contribution in [-0.2, 0) is 27.2 Å². The van der Waals surface area contributed by atoms with E-state index in [0.717, 1.165) is 12.0 Å². The van der Waals surface area contributed by atoms with Crippen molar-refractivity contribution in [1.29, 1.82) is 0 Å². The molecule has 0 aliphatic rings. The topological polar surface area (TPSA) is 55.4 Å². The van der Waals surface area contributed by atoms with Crippen LogP contribution in [0.15, 0.2) is 48.5 Å². The standard InChI is InChI=1S/C20H22ClNO3/c1-3-15-8-10-16(11-9-15)12-13-19(23)25-14(2)20(24)22-18-7-5-4-6-17(18)21/h4-11,14H,3,12-13H2,1-2H3,(H,22,24)/t14-/m1/s1. The van der Waals surface area contributed by atoms with Gasteiger partial charge in [-0.3, -0.25) is 9.59 Å². The molecule has 0 spiro atoms. The number of aryl methyl sites for hydroxylation is 2. The quantitative estimate of drug-likeness (QED) is 0.745. The maximum atomic E-state index is 12.1. The number of hydrogen-bond acceptors (Lipinski definition) is 3. The lowest BCUT2D eigenvalue weighted by Gasteiger charge is -2.14. The lowest BCUT2D eigenvalue weighted by Crippen LogP contribution is -2.30. The minimum absolute atomic E-state index is 0.231. The summed E-state index contributed by atoms with van der Waals surface area (Å²) in [6.07, 6.45) is 0.920. The van der Waals surface area contributed by atoms with Crippen LogP contribution < -0.4 is 5.32 Å².